The van der Waals surface area contributed by atoms with Gasteiger partial charge in [0.25, 0.3) is 0 Å². The Morgan fingerprint density at radius 3 is 2.12 bits per heavy atom. The number of hydrogen-bond donors (Lipinski definition) is 2. The molecule has 2 aliphatic rings. The van der Waals surface area contributed by atoms with Gasteiger partial charge in [0, 0.05) is 6.42 Å². The zero-order valence-corrected chi connectivity index (χ0v) is 10.4. The summed E-state index contributed by atoms with van der Waals surface area (Å²) in [7, 11) is -6.09. The Bertz CT molecular complexity index is 469. The fourth-order valence-corrected chi connectivity index (χ4v) is 5.95. The summed E-state index contributed by atoms with van der Waals surface area (Å²) in [5.41, 5.74) is 0. The van der Waals surface area contributed by atoms with Gasteiger partial charge in [-0.15, -0.1) is 0 Å². The maximum Gasteiger partial charge on any atom is 0.159 e. The highest BCUT2D eigenvalue weighted by atomic mass is 32.2. The molecule has 94 valence electrons. The molecule has 0 aliphatic carbocycles. The van der Waals surface area contributed by atoms with Crippen LogP contribution in [0.3, 0.4) is 0 Å². The maximum atomic E-state index is 11.3. The average molecular weight is 270 g/mol. The third kappa shape index (κ3) is 2.73. The molecule has 16 heavy (non-hydrogen) atoms. The summed E-state index contributed by atoms with van der Waals surface area (Å²) in [4.78, 5) is 0. The van der Waals surface area contributed by atoms with Crippen molar-refractivity contribution in [3.8, 4) is 0 Å². The number of hydrogen-bond acceptors (Lipinski definition) is 5. The molecule has 6 nitrogen and oxygen atoms in total. The monoisotopic (exact) mass is 270 g/mol. The minimum Gasteiger partial charge on any atom is -0.386 e. The molecule has 3 atom stereocenters. The fraction of sp³-hybridized carbons (Fsp3) is 1.00. The van der Waals surface area contributed by atoms with Crippen molar-refractivity contribution in [2.24, 2.45) is 0 Å². The van der Waals surface area contributed by atoms with Crippen LogP contribution < -0.4 is 5.32 Å². The van der Waals surface area contributed by atoms with Gasteiger partial charge in [-0.1, -0.05) is 0 Å². The van der Waals surface area contributed by atoms with E-state index < -0.39 is 31.8 Å². The first kappa shape index (κ1) is 12.3. The Morgan fingerprint density at radius 1 is 1.00 bits per heavy atom. The molecule has 0 radical (unpaired) electrons. The predicted molar refractivity (Wildman–Crippen MR) is 57.4 cm³/mol. The molecular weight excluding hydrogens is 254 g/mol. The van der Waals surface area contributed by atoms with Crippen molar-refractivity contribution < 1.29 is 27.3 Å². The molecule has 0 aromatic rings. The molecular formula is C8H16NO5S2+. The molecule has 2 aliphatic heterocycles. The molecule has 0 aromatic heterocycles. The first-order chi connectivity index (χ1) is 7.27. The van der Waals surface area contributed by atoms with Crippen LogP contribution in [-0.4, -0.2) is 63.1 Å². The second-order valence-corrected chi connectivity index (χ2v) is 9.05. The minimum absolute atomic E-state index is 0.0509. The Hall–Kier alpha value is -0.180. The SMILES string of the molecule is O=S1(=O)CC[C@H]([NH2+][C@H]2CS(=O)(=O)C[C@@H]2O)C1. The van der Waals surface area contributed by atoms with Gasteiger partial charge in [-0.2, -0.15) is 0 Å². The van der Waals surface area contributed by atoms with Crippen LogP contribution in [-0.2, 0) is 19.7 Å². The largest absolute Gasteiger partial charge is 0.386 e. The van der Waals surface area contributed by atoms with E-state index in [0.29, 0.717) is 6.42 Å². The van der Waals surface area contributed by atoms with E-state index >= 15 is 0 Å². The summed E-state index contributed by atoms with van der Waals surface area (Å²) in [5, 5.41) is 11.3. The average Bonchev–Trinajstić information content (AvgIpc) is 2.53. The standard InChI is InChI=1S/C8H15NO5S2/c10-8-5-16(13,14)4-7(8)9-6-1-2-15(11,12)3-6/h6-10H,1-5H2/p+1/t6-,7-,8-/m0/s1. The lowest BCUT2D eigenvalue weighted by Crippen LogP contribution is -2.97. The van der Waals surface area contributed by atoms with Crippen molar-refractivity contribution in [1.82, 2.24) is 0 Å². The van der Waals surface area contributed by atoms with Crippen LogP contribution in [0, 0.1) is 0 Å². The van der Waals surface area contributed by atoms with Crippen LogP contribution in [0.25, 0.3) is 0 Å². The zero-order valence-electron chi connectivity index (χ0n) is 8.74. The van der Waals surface area contributed by atoms with Gasteiger partial charge in [0.15, 0.2) is 19.7 Å². The Morgan fingerprint density at radius 2 is 1.69 bits per heavy atom. The third-order valence-electron chi connectivity index (χ3n) is 3.15. The molecule has 0 amide bonds. The van der Waals surface area contributed by atoms with E-state index in [4.69, 9.17) is 0 Å². The van der Waals surface area contributed by atoms with Gasteiger partial charge in [0.2, 0.25) is 0 Å². The van der Waals surface area contributed by atoms with Crippen LogP contribution in [0.2, 0.25) is 0 Å². The molecule has 3 N–H and O–H groups in total. The van der Waals surface area contributed by atoms with Crippen molar-refractivity contribution in [3.05, 3.63) is 0 Å². The van der Waals surface area contributed by atoms with Crippen LogP contribution in [0.1, 0.15) is 6.42 Å². The predicted octanol–water partition coefficient (Wildman–Crippen LogP) is -3.11. The Balaban J connectivity index is 1.97. The molecule has 2 saturated heterocycles. The second kappa shape index (κ2) is 3.94. The summed E-state index contributed by atoms with van der Waals surface area (Å²) >= 11 is 0. The van der Waals surface area contributed by atoms with Crippen molar-refractivity contribution in [2.75, 3.05) is 23.0 Å². The molecule has 2 heterocycles. The molecule has 0 spiro atoms. The van der Waals surface area contributed by atoms with Gasteiger partial charge in [0.1, 0.15) is 29.7 Å². The van der Waals surface area contributed by atoms with E-state index in [2.05, 4.69) is 0 Å². The zero-order chi connectivity index (χ0) is 12.0. The molecule has 2 rings (SSSR count). The molecule has 0 aromatic carbocycles. The minimum atomic E-state index is -3.15. The summed E-state index contributed by atoms with van der Waals surface area (Å²) in [5.74, 6) is 0.0123. The number of sulfone groups is 2. The van der Waals surface area contributed by atoms with Crippen LogP contribution in [0.15, 0.2) is 0 Å². The highest BCUT2D eigenvalue weighted by molar-refractivity contribution is 7.92. The number of aliphatic hydroxyl groups excluding tert-OH is 1. The van der Waals surface area contributed by atoms with Crippen molar-refractivity contribution >= 4 is 19.7 Å². The topological polar surface area (TPSA) is 105 Å². The summed E-state index contributed by atoms with van der Waals surface area (Å²) < 4.78 is 45.0. The van der Waals surface area contributed by atoms with Crippen LogP contribution >= 0.6 is 0 Å². The molecule has 8 heteroatoms. The molecule has 0 saturated carbocycles. The fourth-order valence-electron chi connectivity index (χ4n) is 2.37. The third-order valence-corrected chi connectivity index (χ3v) is 6.69. The van der Waals surface area contributed by atoms with Crippen molar-refractivity contribution in [3.63, 3.8) is 0 Å². The molecule has 0 bridgehead atoms. The van der Waals surface area contributed by atoms with E-state index in [-0.39, 0.29) is 29.1 Å². The van der Waals surface area contributed by atoms with E-state index in [0.717, 1.165) is 0 Å². The first-order valence-corrected chi connectivity index (χ1v) is 8.86. The lowest BCUT2D eigenvalue weighted by atomic mass is 10.1. The maximum absolute atomic E-state index is 11.3. The van der Waals surface area contributed by atoms with Crippen molar-refractivity contribution in [2.45, 2.75) is 24.6 Å². The van der Waals surface area contributed by atoms with Crippen molar-refractivity contribution in [1.29, 1.82) is 0 Å². The smallest absolute Gasteiger partial charge is 0.159 e. The quantitative estimate of drug-likeness (QED) is 0.553. The summed E-state index contributed by atoms with van der Waals surface area (Å²) in [6.07, 6.45) is -0.320. The number of aliphatic hydroxyl groups is 1. The highest BCUT2D eigenvalue weighted by Gasteiger charge is 2.42. The van der Waals surface area contributed by atoms with Crippen LogP contribution in [0.5, 0.6) is 0 Å². The normalized spacial score (nSPS) is 41.2. The lowest BCUT2D eigenvalue weighted by molar-refractivity contribution is -0.717. The van der Waals surface area contributed by atoms with E-state index in [1.54, 1.807) is 5.32 Å². The second-order valence-electron chi connectivity index (χ2n) is 4.66. The molecule has 0 unspecified atom stereocenters. The first-order valence-electron chi connectivity index (χ1n) is 5.21. The lowest BCUT2D eigenvalue weighted by Gasteiger charge is -2.15. The van der Waals surface area contributed by atoms with E-state index in [9.17, 15) is 21.9 Å². The number of quaternary nitrogens is 1. The summed E-state index contributed by atoms with van der Waals surface area (Å²) in [6.45, 7) is 0. The van der Waals surface area contributed by atoms with E-state index in [1.807, 2.05) is 0 Å². The van der Waals surface area contributed by atoms with Gasteiger partial charge in [-0.05, 0) is 0 Å². The summed E-state index contributed by atoms with van der Waals surface area (Å²) in [6, 6.07) is -0.499. The van der Waals surface area contributed by atoms with Gasteiger partial charge in [-0.25, -0.2) is 16.8 Å². The Kier molecular flexibility index (Phi) is 3.02. The van der Waals surface area contributed by atoms with Gasteiger partial charge in [0.05, 0.1) is 11.5 Å². The highest BCUT2D eigenvalue weighted by Crippen LogP contribution is 2.12. The number of rotatable bonds is 2. The van der Waals surface area contributed by atoms with Gasteiger partial charge in [-0.3, -0.25) is 0 Å². The molecule has 2 fully saturated rings. The Labute approximate surface area is 94.9 Å². The van der Waals surface area contributed by atoms with Gasteiger partial charge >= 0.3 is 0 Å². The van der Waals surface area contributed by atoms with E-state index in [1.165, 1.54) is 0 Å². The van der Waals surface area contributed by atoms with Crippen LogP contribution in [0.4, 0.5) is 0 Å². The van der Waals surface area contributed by atoms with Gasteiger partial charge < -0.3 is 10.4 Å². The number of nitrogens with two attached hydrogens (primary N) is 1.